The third kappa shape index (κ3) is 2.64. The van der Waals surface area contributed by atoms with Crippen LogP contribution in [0.3, 0.4) is 0 Å². The van der Waals surface area contributed by atoms with E-state index in [1.165, 1.54) is 6.07 Å². The highest BCUT2D eigenvalue weighted by molar-refractivity contribution is 5.71. The number of aromatic nitrogens is 2. The van der Waals surface area contributed by atoms with Crippen LogP contribution < -0.4 is 10.5 Å². The summed E-state index contributed by atoms with van der Waals surface area (Å²) in [4.78, 5) is 31.0. The summed E-state index contributed by atoms with van der Waals surface area (Å²) in [5.74, 6) is -0.694. The van der Waals surface area contributed by atoms with Gasteiger partial charge in [0, 0.05) is 24.8 Å². The first-order chi connectivity index (χ1) is 8.06. The summed E-state index contributed by atoms with van der Waals surface area (Å²) in [5, 5.41) is 8.99. The topological polar surface area (TPSA) is 86.3 Å². The van der Waals surface area contributed by atoms with Crippen LogP contribution >= 0.6 is 0 Å². The van der Waals surface area contributed by atoms with Crippen LogP contribution in [-0.4, -0.2) is 34.1 Å². The summed E-state index contributed by atoms with van der Waals surface area (Å²) >= 11 is 0. The lowest BCUT2D eigenvalue weighted by Crippen LogP contribution is -2.40. The van der Waals surface area contributed by atoms with E-state index < -0.39 is 5.97 Å². The number of aliphatic carboxylic acids is 1. The largest absolute Gasteiger partial charge is 0.481 e. The van der Waals surface area contributed by atoms with Gasteiger partial charge in [-0.15, -0.1) is 0 Å². The number of H-pyrrole nitrogens is 1. The van der Waals surface area contributed by atoms with Gasteiger partial charge in [-0.25, -0.2) is 4.98 Å². The number of aryl methyl sites for hydroxylation is 1. The van der Waals surface area contributed by atoms with Gasteiger partial charge in [0.1, 0.15) is 0 Å². The number of aromatic amines is 1. The summed E-state index contributed by atoms with van der Waals surface area (Å²) in [6.07, 6.45) is 1.48. The fourth-order valence-electron chi connectivity index (χ4n) is 2.08. The molecule has 1 fully saturated rings. The van der Waals surface area contributed by atoms with Gasteiger partial charge in [0.2, 0.25) is 5.95 Å². The van der Waals surface area contributed by atoms with Crippen LogP contribution in [0.5, 0.6) is 0 Å². The molecule has 2 rings (SSSR count). The first kappa shape index (κ1) is 11.6. The number of piperidine rings is 1. The van der Waals surface area contributed by atoms with Crippen molar-refractivity contribution in [3.8, 4) is 0 Å². The highest BCUT2D eigenvalue weighted by atomic mass is 16.4. The number of rotatable bonds is 2. The van der Waals surface area contributed by atoms with E-state index in [2.05, 4.69) is 9.97 Å². The number of carbonyl (C=O) groups is 1. The van der Waals surface area contributed by atoms with Crippen molar-refractivity contribution in [2.75, 3.05) is 18.0 Å². The maximum atomic E-state index is 11.3. The van der Waals surface area contributed by atoms with Gasteiger partial charge in [-0.2, -0.15) is 0 Å². The van der Waals surface area contributed by atoms with Crippen molar-refractivity contribution in [3.05, 3.63) is 22.1 Å². The molecular weight excluding hydrogens is 222 g/mol. The molecule has 0 saturated carbocycles. The van der Waals surface area contributed by atoms with Crippen molar-refractivity contribution in [3.63, 3.8) is 0 Å². The van der Waals surface area contributed by atoms with Gasteiger partial charge in [0.25, 0.3) is 5.56 Å². The Bertz CT molecular complexity index is 483. The van der Waals surface area contributed by atoms with Crippen molar-refractivity contribution in [2.45, 2.75) is 19.8 Å². The second kappa shape index (κ2) is 4.57. The number of carboxylic acids is 1. The van der Waals surface area contributed by atoms with Crippen molar-refractivity contribution in [1.29, 1.82) is 0 Å². The van der Waals surface area contributed by atoms with Crippen LogP contribution in [0, 0.1) is 12.8 Å². The average Bonchev–Trinajstić information content (AvgIpc) is 2.28. The molecule has 92 valence electrons. The quantitative estimate of drug-likeness (QED) is 0.776. The summed E-state index contributed by atoms with van der Waals surface area (Å²) < 4.78 is 0. The van der Waals surface area contributed by atoms with E-state index in [9.17, 15) is 9.59 Å². The van der Waals surface area contributed by atoms with E-state index in [1.54, 1.807) is 6.92 Å². The Morgan fingerprint density at radius 1 is 1.65 bits per heavy atom. The van der Waals surface area contributed by atoms with Crippen LogP contribution in [0.1, 0.15) is 18.5 Å². The minimum absolute atomic E-state index is 0.204. The Labute approximate surface area is 98.3 Å². The molecule has 1 atom stereocenters. The van der Waals surface area contributed by atoms with E-state index in [1.807, 2.05) is 4.90 Å². The lowest BCUT2D eigenvalue weighted by molar-refractivity contribution is -0.141. The molecule has 2 heterocycles. The zero-order chi connectivity index (χ0) is 12.4. The average molecular weight is 237 g/mol. The van der Waals surface area contributed by atoms with Crippen LogP contribution in [0.2, 0.25) is 0 Å². The molecule has 0 unspecified atom stereocenters. The Balaban J connectivity index is 2.21. The monoisotopic (exact) mass is 237 g/mol. The highest BCUT2D eigenvalue weighted by Gasteiger charge is 2.26. The third-order valence-electron chi connectivity index (χ3n) is 2.93. The molecule has 1 aliphatic rings. The number of nitrogens with one attached hydrogen (secondary N) is 1. The molecule has 1 saturated heterocycles. The summed E-state index contributed by atoms with van der Waals surface area (Å²) in [5.41, 5.74) is 0.436. The van der Waals surface area contributed by atoms with Crippen LogP contribution in [0.4, 0.5) is 5.95 Å². The summed E-state index contributed by atoms with van der Waals surface area (Å²) in [7, 11) is 0. The highest BCUT2D eigenvalue weighted by Crippen LogP contribution is 2.19. The van der Waals surface area contributed by atoms with Crippen LogP contribution in [0.25, 0.3) is 0 Å². The zero-order valence-corrected chi connectivity index (χ0v) is 9.64. The van der Waals surface area contributed by atoms with Gasteiger partial charge < -0.3 is 10.0 Å². The van der Waals surface area contributed by atoms with Crippen LogP contribution in [-0.2, 0) is 4.79 Å². The number of nitrogens with zero attached hydrogens (tertiary/aromatic N) is 2. The SMILES string of the molecule is Cc1cc(=O)[nH]c(N2CCC[C@H](C(=O)O)C2)n1. The molecule has 2 N–H and O–H groups in total. The number of carboxylic acid groups (broad SMARTS) is 1. The molecular formula is C11H15N3O3. The van der Waals surface area contributed by atoms with Gasteiger partial charge in [0.05, 0.1) is 5.92 Å². The van der Waals surface area contributed by atoms with E-state index >= 15 is 0 Å². The van der Waals surface area contributed by atoms with Gasteiger partial charge in [0.15, 0.2) is 0 Å². The standard InChI is InChI=1S/C11H15N3O3/c1-7-5-9(15)13-11(12-7)14-4-2-3-8(6-14)10(16)17/h5,8H,2-4,6H2,1H3,(H,16,17)(H,12,13,15)/t8-/m0/s1. The smallest absolute Gasteiger partial charge is 0.308 e. The Kier molecular flexibility index (Phi) is 3.12. The first-order valence-electron chi connectivity index (χ1n) is 5.62. The molecule has 1 aromatic heterocycles. The van der Waals surface area contributed by atoms with Gasteiger partial charge >= 0.3 is 5.97 Å². The van der Waals surface area contributed by atoms with Gasteiger partial charge in [-0.3, -0.25) is 14.6 Å². The first-order valence-corrected chi connectivity index (χ1v) is 5.62. The van der Waals surface area contributed by atoms with Crippen molar-refractivity contribution in [1.82, 2.24) is 9.97 Å². The molecule has 0 spiro atoms. The number of hydrogen-bond acceptors (Lipinski definition) is 4. The Morgan fingerprint density at radius 2 is 2.41 bits per heavy atom. The normalized spacial score (nSPS) is 20.3. The van der Waals surface area contributed by atoms with E-state index in [0.717, 1.165) is 13.0 Å². The van der Waals surface area contributed by atoms with Crippen LogP contribution in [0.15, 0.2) is 10.9 Å². The second-order valence-corrected chi connectivity index (χ2v) is 4.33. The van der Waals surface area contributed by atoms with E-state index in [0.29, 0.717) is 24.6 Å². The molecule has 6 nitrogen and oxygen atoms in total. The van der Waals surface area contributed by atoms with Gasteiger partial charge in [-0.1, -0.05) is 0 Å². The fraction of sp³-hybridized carbons (Fsp3) is 0.545. The fourth-order valence-corrected chi connectivity index (χ4v) is 2.08. The van der Waals surface area contributed by atoms with E-state index in [4.69, 9.17) is 5.11 Å². The minimum Gasteiger partial charge on any atom is -0.481 e. The number of hydrogen-bond donors (Lipinski definition) is 2. The Morgan fingerprint density at radius 3 is 3.06 bits per heavy atom. The van der Waals surface area contributed by atoms with Crippen molar-refractivity contribution >= 4 is 11.9 Å². The maximum Gasteiger partial charge on any atom is 0.308 e. The lowest BCUT2D eigenvalue weighted by atomic mass is 9.99. The van der Waals surface area contributed by atoms with E-state index in [-0.39, 0.29) is 11.5 Å². The zero-order valence-electron chi connectivity index (χ0n) is 9.64. The predicted octanol–water partition coefficient (Wildman–Crippen LogP) is 0.379. The lowest BCUT2D eigenvalue weighted by Gasteiger charge is -2.31. The third-order valence-corrected chi connectivity index (χ3v) is 2.93. The molecule has 6 heteroatoms. The Hall–Kier alpha value is -1.85. The van der Waals surface area contributed by atoms with Crippen molar-refractivity contribution in [2.24, 2.45) is 5.92 Å². The predicted molar refractivity (Wildman–Crippen MR) is 62.2 cm³/mol. The molecule has 0 amide bonds. The molecule has 17 heavy (non-hydrogen) atoms. The molecule has 0 bridgehead atoms. The molecule has 1 aromatic rings. The molecule has 0 aromatic carbocycles. The van der Waals surface area contributed by atoms with Gasteiger partial charge in [-0.05, 0) is 19.8 Å². The molecule has 0 radical (unpaired) electrons. The molecule has 0 aliphatic carbocycles. The summed E-state index contributed by atoms with van der Waals surface area (Å²) in [6, 6.07) is 1.42. The van der Waals surface area contributed by atoms with Crippen molar-refractivity contribution < 1.29 is 9.90 Å². The summed E-state index contributed by atoms with van der Waals surface area (Å²) in [6.45, 7) is 2.88. The minimum atomic E-state index is -0.787. The molecule has 1 aliphatic heterocycles. The number of anilines is 1. The maximum absolute atomic E-state index is 11.3. The second-order valence-electron chi connectivity index (χ2n) is 4.33.